The van der Waals surface area contributed by atoms with Crippen LogP contribution in [0.5, 0.6) is 5.88 Å². The van der Waals surface area contributed by atoms with Crippen LogP contribution in [0.4, 0.5) is 0 Å². The Bertz CT molecular complexity index is 569. The van der Waals surface area contributed by atoms with E-state index in [9.17, 15) is 0 Å². The summed E-state index contributed by atoms with van der Waals surface area (Å²) in [5, 5.41) is 6.69. The molecule has 1 heterocycles. The molecular formula is C20H36IN5O2. The van der Waals surface area contributed by atoms with Crippen molar-refractivity contribution < 1.29 is 9.47 Å². The predicted molar refractivity (Wildman–Crippen MR) is 125 cm³/mol. The molecule has 0 atom stereocenters. The summed E-state index contributed by atoms with van der Waals surface area (Å²) in [6.07, 6.45) is 5.41. The summed E-state index contributed by atoms with van der Waals surface area (Å²) < 4.78 is 10.8. The second-order valence-electron chi connectivity index (χ2n) is 7.03. The van der Waals surface area contributed by atoms with Crippen LogP contribution in [0, 0.1) is 5.92 Å². The average molecular weight is 505 g/mol. The van der Waals surface area contributed by atoms with E-state index in [0.29, 0.717) is 12.4 Å². The first kappa shape index (κ1) is 24.9. The molecule has 7 nitrogen and oxygen atoms in total. The fraction of sp³-hybridized carbons (Fsp3) is 0.700. The third-order valence-corrected chi connectivity index (χ3v) is 4.40. The lowest BCUT2D eigenvalue weighted by molar-refractivity contribution is 0.180. The summed E-state index contributed by atoms with van der Waals surface area (Å²) in [6.45, 7) is 7.93. The van der Waals surface area contributed by atoms with Gasteiger partial charge in [0.05, 0.1) is 13.2 Å². The summed E-state index contributed by atoms with van der Waals surface area (Å²) in [5.41, 5.74) is 1.10. The standard InChI is InChI=1S/C20H35N5O2.HI/c1-4-21-20(23-10-12-25(2)11-5-13-26-3)24-15-18-8-9-22-19(14-18)27-16-17-6-7-17;/h8-9,14,17H,4-7,10-13,15-16H2,1-3H3,(H2,21,23,24);1H. The smallest absolute Gasteiger partial charge is 0.213 e. The zero-order valence-corrected chi connectivity index (χ0v) is 19.8. The molecule has 2 rings (SSSR count). The molecule has 1 fully saturated rings. The maximum atomic E-state index is 5.75. The Morgan fingerprint density at radius 3 is 2.86 bits per heavy atom. The summed E-state index contributed by atoms with van der Waals surface area (Å²) in [6, 6.07) is 3.97. The molecule has 1 aromatic heterocycles. The molecule has 0 aliphatic heterocycles. The number of aromatic nitrogens is 1. The highest BCUT2D eigenvalue weighted by atomic mass is 127. The van der Waals surface area contributed by atoms with Gasteiger partial charge in [-0.2, -0.15) is 0 Å². The van der Waals surface area contributed by atoms with Gasteiger partial charge in [-0.15, -0.1) is 24.0 Å². The maximum absolute atomic E-state index is 5.75. The number of likely N-dealkylation sites (N-methyl/N-ethyl adjacent to an activating group) is 1. The van der Waals surface area contributed by atoms with Crippen molar-refractivity contribution in [2.75, 3.05) is 53.6 Å². The molecule has 2 N–H and O–H groups in total. The second-order valence-corrected chi connectivity index (χ2v) is 7.03. The summed E-state index contributed by atoms with van der Waals surface area (Å²) in [5.74, 6) is 2.26. The Kier molecular flexibility index (Phi) is 13.2. The van der Waals surface area contributed by atoms with Gasteiger partial charge < -0.3 is 25.0 Å². The van der Waals surface area contributed by atoms with Crippen molar-refractivity contribution in [1.29, 1.82) is 0 Å². The van der Waals surface area contributed by atoms with E-state index in [0.717, 1.165) is 63.3 Å². The van der Waals surface area contributed by atoms with Crippen molar-refractivity contribution in [3.63, 3.8) is 0 Å². The van der Waals surface area contributed by atoms with Crippen molar-refractivity contribution in [3.05, 3.63) is 23.9 Å². The lowest BCUT2D eigenvalue weighted by Gasteiger charge is -2.18. The third kappa shape index (κ3) is 11.0. The number of guanidine groups is 1. The molecule has 1 aliphatic rings. The van der Waals surface area contributed by atoms with Gasteiger partial charge in [0.25, 0.3) is 0 Å². The van der Waals surface area contributed by atoms with Gasteiger partial charge in [0.15, 0.2) is 5.96 Å². The highest BCUT2D eigenvalue weighted by molar-refractivity contribution is 14.0. The first-order valence-corrected chi connectivity index (χ1v) is 9.98. The van der Waals surface area contributed by atoms with Crippen LogP contribution in [-0.4, -0.2) is 69.4 Å². The lowest BCUT2D eigenvalue weighted by Crippen LogP contribution is -2.41. The molecule has 0 saturated heterocycles. The topological polar surface area (TPSA) is 71.0 Å². The molecule has 0 radical (unpaired) electrons. The number of nitrogens with one attached hydrogen (secondary N) is 2. The van der Waals surface area contributed by atoms with Gasteiger partial charge in [-0.1, -0.05) is 0 Å². The van der Waals surface area contributed by atoms with E-state index >= 15 is 0 Å². The van der Waals surface area contributed by atoms with Crippen molar-refractivity contribution >= 4 is 29.9 Å². The maximum Gasteiger partial charge on any atom is 0.213 e. The fourth-order valence-corrected chi connectivity index (χ4v) is 2.58. The molecule has 0 aromatic carbocycles. The minimum Gasteiger partial charge on any atom is -0.477 e. The number of hydrogen-bond donors (Lipinski definition) is 2. The van der Waals surface area contributed by atoms with Crippen LogP contribution in [0.15, 0.2) is 23.3 Å². The van der Waals surface area contributed by atoms with Crippen LogP contribution in [0.2, 0.25) is 0 Å². The molecule has 8 heteroatoms. The second kappa shape index (κ2) is 14.8. The Morgan fingerprint density at radius 1 is 1.32 bits per heavy atom. The van der Waals surface area contributed by atoms with E-state index in [2.05, 4.69) is 39.5 Å². The molecule has 28 heavy (non-hydrogen) atoms. The van der Waals surface area contributed by atoms with Crippen LogP contribution in [0.25, 0.3) is 0 Å². The Morgan fingerprint density at radius 2 is 2.14 bits per heavy atom. The fourth-order valence-electron chi connectivity index (χ4n) is 2.58. The van der Waals surface area contributed by atoms with Crippen molar-refractivity contribution in [2.24, 2.45) is 10.9 Å². The molecule has 1 aliphatic carbocycles. The van der Waals surface area contributed by atoms with Crippen molar-refractivity contribution in [2.45, 2.75) is 32.7 Å². The number of rotatable bonds is 13. The highest BCUT2D eigenvalue weighted by Crippen LogP contribution is 2.29. The molecule has 0 bridgehead atoms. The minimum absolute atomic E-state index is 0. The van der Waals surface area contributed by atoms with Gasteiger partial charge in [-0.3, -0.25) is 0 Å². The first-order valence-electron chi connectivity index (χ1n) is 9.98. The SMILES string of the molecule is CCNC(=NCc1ccnc(OCC2CC2)c1)NCCN(C)CCCOC.I. The van der Waals surface area contributed by atoms with E-state index < -0.39 is 0 Å². The van der Waals surface area contributed by atoms with E-state index in [4.69, 9.17) is 9.47 Å². The monoisotopic (exact) mass is 505 g/mol. The third-order valence-electron chi connectivity index (χ3n) is 4.40. The molecule has 160 valence electrons. The first-order chi connectivity index (χ1) is 13.2. The van der Waals surface area contributed by atoms with Gasteiger partial charge in [0.1, 0.15) is 0 Å². The van der Waals surface area contributed by atoms with Gasteiger partial charge >= 0.3 is 0 Å². The van der Waals surface area contributed by atoms with Gasteiger partial charge in [0, 0.05) is 52.2 Å². The van der Waals surface area contributed by atoms with E-state index in [-0.39, 0.29) is 24.0 Å². The van der Waals surface area contributed by atoms with Crippen LogP contribution < -0.4 is 15.4 Å². The summed E-state index contributed by atoms with van der Waals surface area (Å²) >= 11 is 0. The molecular weight excluding hydrogens is 469 g/mol. The number of aliphatic imine (C=N–C) groups is 1. The quantitative estimate of drug-likeness (QED) is 0.186. The van der Waals surface area contributed by atoms with E-state index in [1.54, 1.807) is 13.3 Å². The predicted octanol–water partition coefficient (Wildman–Crippen LogP) is 2.51. The zero-order valence-electron chi connectivity index (χ0n) is 17.4. The van der Waals surface area contributed by atoms with Crippen LogP contribution in [0.1, 0.15) is 31.7 Å². The number of hydrogen-bond acceptors (Lipinski definition) is 5. The molecule has 1 aromatic rings. The van der Waals surface area contributed by atoms with Gasteiger partial charge in [0.2, 0.25) is 5.88 Å². The largest absolute Gasteiger partial charge is 0.477 e. The highest BCUT2D eigenvalue weighted by Gasteiger charge is 2.22. The normalized spacial score (nSPS) is 13.9. The van der Waals surface area contributed by atoms with Crippen molar-refractivity contribution in [3.8, 4) is 5.88 Å². The average Bonchev–Trinajstić information content (AvgIpc) is 3.49. The number of nitrogens with zero attached hydrogens (tertiary/aromatic N) is 3. The number of ether oxygens (including phenoxy) is 2. The molecule has 0 amide bonds. The Balaban J connectivity index is 0.00000392. The Labute approximate surface area is 186 Å². The van der Waals surface area contributed by atoms with E-state index in [1.807, 2.05) is 12.1 Å². The van der Waals surface area contributed by atoms with Crippen LogP contribution in [0.3, 0.4) is 0 Å². The van der Waals surface area contributed by atoms with Gasteiger partial charge in [-0.25, -0.2) is 9.98 Å². The summed E-state index contributed by atoms with van der Waals surface area (Å²) in [7, 11) is 3.87. The lowest BCUT2D eigenvalue weighted by atomic mass is 10.3. The minimum atomic E-state index is 0. The molecule has 0 unspecified atom stereocenters. The number of pyridine rings is 1. The zero-order chi connectivity index (χ0) is 19.3. The van der Waals surface area contributed by atoms with Crippen molar-refractivity contribution in [1.82, 2.24) is 20.5 Å². The van der Waals surface area contributed by atoms with Crippen LogP contribution >= 0.6 is 24.0 Å². The molecule has 0 spiro atoms. The Hall–Kier alpha value is -1.13. The van der Waals surface area contributed by atoms with Crippen LogP contribution in [-0.2, 0) is 11.3 Å². The van der Waals surface area contributed by atoms with Gasteiger partial charge in [-0.05, 0) is 50.8 Å². The molecule has 1 saturated carbocycles. The number of methoxy groups -OCH3 is 1. The number of halogens is 1. The summed E-state index contributed by atoms with van der Waals surface area (Å²) in [4.78, 5) is 11.3. The van der Waals surface area contributed by atoms with E-state index in [1.165, 1.54) is 12.8 Å².